The standard InChI is InChI=1S/C22H24O10/c1-29-12-6-15-18(13(25)8-14(30-15)10-2-4-11(24)5-3-10)16(7-12)31-22-21(28)20(27)19(26)17(9-23)32-22/h2-7,14,17,19-24,26-28H,8-9H2,1H3/t14-,17+,19+,20-,21+,22+/m0/s1. The van der Waals surface area contributed by atoms with Crippen LogP contribution in [-0.4, -0.2) is 75.7 Å². The van der Waals surface area contributed by atoms with Gasteiger partial charge in [0, 0.05) is 12.1 Å². The van der Waals surface area contributed by atoms with Gasteiger partial charge in [0.25, 0.3) is 0 Å². The minimum atomic E-state index is -1.64. The Morgan fingerprint density at radius 1 is 1.06 bits per heavy atom. The predicted octanol–water partition coefficient (Wildman–Crippen LogP) is 0.286. The van der Waals surface area contributed by atoms with Crippen molar-refractivity contribution < 1.29 is 49.3 Å². The number of carbonyl (C=O) groups is 1. The zero-order chi connectivity index (χ0) is 23.0. The molecular weight excluding hydrogens is 424 g/mol. The van der Waals surface area contributed by atoms with Gasteiger partial charge in [-0.05, 0) is 17.7 Å². The second-order valence-corrected chi connectivity index (χ2v) is 7.64. The molecule has 1 saturated heterocycles. The van der Waals surface area contributed by atoms with Crippen LogP contribution in [-0.2, 0) is 4.74 Å². The highest BCUT2D eigenvalue weighted by molar-refractivity contribution is 6.02. The molecule has 32 heavy (non-hydrogen) atoms. The van der Waals surface area contributed by atoms with Crippen molar-refractivity contribution in [3.05, 3.63) is 47.5 Å². The average molecular weight is 448 g/mol. The van der Waals surface area contributed by atoms with E-state index in [1.807, 2.05) is 0 Å². The molecule has 0 bridgehead atoms. The van der Waals surface area contributed by atoms with Crippen molar-refractivity contribution in [1.82, 2.24) is 0 Å². The quantitative estimate of drug-likeness (QED) is 0.431. The Labute approximate surface area is 183 Å². The van der Waals surface area contributed by atoms with Crippen LogP contribution in [0.4, 0.5) is 0 Å². The molecule has 2 heterocycles. The Bertz CT molecular complexity index is 973. The summed E-state index contributed by atoms with van der Waals surface area (Å²) in [5.74, 6) is 0.290. The normalized spacial score (nSPS) is 29.7. The number of aliphatic hydroxyl groups is 4. The van der Waals surface area contributed by atoms with E-state index in [9.17, 15) is 30.3 Å². The lowest BCUT2D eigenvalue weighted by atomic mass is 9.95. The summed E-state index contributed by atoms with van der Waals surface area (Å²) in [6.07, 6.45) is -8.03. The van der Waals surface area contributed by atoms with Gasteiger partial charge in [-0.1, -0.05) is 12.1 Å². The summed E-state index contributed by atoms with van der Waals surface area (Å²) >= 11 is 0. The summed E-state index contributed by atoms with van der Waals surface area (Å²) in [6.45, 7) is -0.614. The van der Waals surface area contributed by atoms with E-state index in [1.165, 1.54) is 31.4 Å². The largest absolute Gasteiger partial charge is 0.508 e. The van der Waals surface area contributed by atoms with E-state index in [4.69, 9.17) is 18.9 Å². The zero-order valence-electron chi connectivity index (χ0n) is 17.1. The Hall–Kier alpha value is -2.89. The molecule has 0 amide bonds. The van der Waals surface area contributed by atoms with Crippen LogP contribution >= 0.6 is 0 Å². The number of phenolic OH excluding ortho intramolecular Hbond substituents is 1. The highest BCUT2D eigenvalue weighted by Crippen LogP contribution is 2.43. The van der Waals surface area contributed by atoms with E-state index in [-0.39, 0.29) is 35.0 Å². The first-order valence-electron chi connectivity index (χ1n) is 10.0. The van der Waals surface area contributed by atoms with Gasteiger partial charge in [-0.25, -0.2) is 0 Å². The minimum Gasteiger partial charge on any atom is -0.508 e. The van der Waals surface area contributed by atoms with E-state index in [0.717, 1.165) is 0 Å². The molecule has 2 aromatic rings. The second-order valence-electron chi connectivity index (χ2n) is 7.64. The maximum atomic E-state index is 13.0. The Kier molecular flexibility index (Phi) is 6.22. The van der Waals surface area contributed by atoms with Crippen molar-refractivity contribution in [3.63, 3.8) is 0 Å². The van der Waals surface area contributed by atoms with Gasteiger partial charge < -0.3 is 44.5 Å². The number of hydrogen-bond donors (Lipinski definition) is 5. The molecule has 2 aliphatic heterocycles. The Morgan fingerprint density at radius 3 is 2.44 bits per heavy atom. The number of fused-ring (bicyclic) bond motifs is 1. The van der Waals surface area contributed by atoms with Gasteiger partial charge in [0.05, 0.1) is 20.1 Å². The third-order valence-corrected chi connectivity index (χ3v) is 5.55. The van der Waals surface area contributed by atoms with Gasteiger partial charge in [-0.15, -0.1) is 0 Å². The number of carbonyl (C=O) groups excluding carboxylic acids is 1. The molecule has 6 atom stereocenters. The average Bonchev–Trinajstić information content (AvgIpc) is 2.79. The molecule has 10 nitrogen and oxygen atoms in total. The van der Waals surface area contributed by atoms with E-state index >= 15 is 0 Å². The topological polar surface area (TPSA) is 155 Å². The van der Waals surface area contributed by atoms with E-state index in [0.29, 0.717) is 11.3 Å². The van der Waals surface area contributed by atoms with Gasteiger partial charge in [-0.3, -0.25) is 4.79 Å². The van der Waals surface area contributed by atoms with Gasteiger partial charge in [0.2, 0.25) is 6.29 Å². The summed E-state index contributed by atoms with van der Waals surface area (Å²) < 4.78 is 22.4. The Morgan fingerprint density at radius 2 is 1.78 bits per heavy atom. The molecule has 4 rings (SSSR count). The maximum absolute atomic E-state index is 13.0. The van der Waals surface area contributed by atoms with Crippen molar-refractivity contribution in [2.75, 3.05) is 13.7 Å². The van der Waals surface area contributed by atoms with Crippen LogP contribution in [0.15, 0.2) is 36.4 Å². The molecule has 172 valence electrons. The summed E-state index contributed by atoms with van der Waals surface area (Å²) in [7, 11) is 1.42. The highest BCUT2D eigenvalue weighted by Gasteiger charge is 2.45. The number of rotatable bonds is 5. The first-order chi connectivity index (χ1) is 15.3. The first kappa shape index (κ1) is 22.3. The number of aliphatic hydroxyl groups excluding tert-OH is 4. The monoisotopic (exact) mass is 448 g/mol. The first-order valence-corrected chi connectivity index (χ1v) is 10.0. The summed E-state index contributed by atoms with van der Waals surface area (Å²) in [4.78, 5) is 13.0. The third kappa shape index (κ3) is 4.10. The van der Waals surface area contributed by atoms with Crippen molar-refractivity contribution in [2.24, 2.45) is 0 Å². The van der Waals surface area contributed by atoms with Crippen LogP contribution in [0.1, 0.15) is 28.4 Å². The van der Waals surface area contributed by atoms with Crippen LogP contribution in [0.5, 0.6) is 23.0 Å². The Balaban J connectivity index is 1.65. The number of ketones is 1. The predicted molar refractivity (Wildman–Crippen MR) is 108 cm³/mol. The molecule has 5 N–H and O–H groups in total. The molecule has 0 saturated carbocycles. The molecule has 1 fully saturated rings. The smallest absolute Gasteiger partial charge is 0.229 e. The van der Waals surface area contributed by atoms with Gasteiger partial charge in [0.1, 0.15) is 59.1 Å². The van der Waals surface area contributed by atoms with Crippen LogP contribution in [0.3, 0.4) is 0 Å². The SMILES string of the molecule is COc1cc(O[C@@H]2O[C@H](CO)[C@@H](O)[C@H](O)[C@H]2O)c2c(c1)O[C@H](c1ccc(O)cc1)CC2=O. The molecule has 0 aliphatic carbocycles. The molecule has 0 aromatic heterocycles. The lowest BCUT2D eigenvalue weighted by Gasteiger charge is -2.40. The number of phenols is 1. The van der Waals surface area contributed by atoms with Crippen LogP contribution in [0, 0.1) is 0 Å². The fourth-order valence-electron chi connectivity index (χ4n) is 3.77. The van der Waals surface area contributed by atoms with Crippen LogP contribution in [0.25, 0.3) is 0 Å². The molecule has 2 aliphatic rings. The number of benzene rings is 2. The van der Waals surface area contributed by atoms with Crippen molar-refractivity contribution in [1.29, 1.82) is 0 Å². The van der Waals surface area contributed by atoms with Gasteiger partial charge in [-0.2, -0.15) is 0 Å². The highest BCUT2D eigenvalue weighted by atomic mass is 16.7. The van der Waals surface area contributed by atoms with E-state index in [1.54, 1.807) is 12.1 Å². The molecule has 0 radical (unpaired) electrons. The van der Waals surface area contributed by atoms with Crippen molar-refractivity contribution in [3.8, 4) is 23.0 Å². The fraction of sp³-hybridized carbons (Fsp3) is 0.409. The third-order valence-electron chi connectivity index (χ3n) is 5.55. The van der Waals surface area contributed by atoms with Crippen LogP contribution in [0.2, 0.25) is 0 Å². The fourth-order valence-corrected chi connectivity index (χ4v) is 3.77. The van der Waals surface area contributed by atoms with E-state index < -0.39 is 43.4 Å². The summed E-state index contributed by atoms with van der Waals surface area (Å²) in [5.41, 5.74) is 0.804. The number of aromatic hydroxyl groups is 1. The number of ether oxygens (including phenoxy) is 4. The minimum absolute atomic E-state index is 0.00200. The summed E-state index contributed by atoms with van der Waals surface area (Å²) in [6, 6.07) is 9.26. The lowest BCUT2D eigenvalue weighted by Crippen LogP contribution is -2.60. The van der Waals surface area contributed by atoms with Crippen molar-refractivity contribution in [2.45, 2.75) is 43.2 Å². The van der Waals surface area contributed by atoms with Crippen LogP contribution < -0.4 is 14.2 Å². The molecule has 2 aromatic carbocycles. The lowest BCUT2D eigenvalue weighted by molar-refractivity contribution is -0.277. The molecular formula is C22H24O10. The number of Topliss-reactive ketones (excluding diaryl/α,β-unsaturated/α-hetero) is 1. The number of methoxy groups -OCH3 is 1. The second kappa shape index (κ2) is 8.93. The maximum Gasteiger partial charge on any atom is 0.229 e. The molecule has 0 unspecified atom stereocenters. The zero-order valence-corrected chi connectivity index (χ0v) is 17.1. The summed E-state index contributed by atoms with van der Waals surface area (Å²) in [5, 5.41) is 49.1. The molecule has 10 heteroatoms. The van der Waals surface area contributed by atoms with Crippen molar-refractivity contribution >= 4 is 5.78 Å². The molecule has 0 spiro atoms. The van der Waals surface area contributed by atoms with Gasteiger partial charge >= 0.3 is 0 Å². The van der Waals surface area contributed by atoms with Gasteiger partial charge in [0.15, 0.2) is 5.78 Å². The number of hydrogen-bond acceptors (Lipinski definition) is 10. The van der Waals surface area contributed by atoms with E-state index in [2.05, 4.69) is 0 Å².